The van der Waals surface area contributed by atoms with Crippen molar-refractivity contribution in [1.29, 1.82) is 0 Å². The SMILES string of the molecule is CC1(CC23CC(I)(C2)C3)COC1. The Labute approximate surface area is 87.4 Å². The molecule has 3 aliphatic carbocycles. The van der Waals surface area contributed by atoms with Crippen LogP contribution < -0.4 is 0 Å². The molecule has 0 unspecified atom stereocenters. The van der Waals surface area contributed by atoms with E-state index in [9.17, 15) is 0 Å². The molecule has 0 radical (unpaired) electrons. The largest absolute Gasteiger partial charge is 0.380 e. The molecule has 2 bridgehead atoms. The summed E-state index contributed by atoms with van der Waals surface area (Å²) >= 11 is 2.65. The predicted molar refractivity (Wildman–Crippen MR) is 56.6 cm³/mol. The topological polar surface area (TPSA) is 9.23 Å². The average molecular weight is 278 g/mol. The van der Waals surface area contributed by atoms with Crippen molar-refractivity contribution in [3.63, 3.8) is 0 Å². The number of alkyl halides is 1. The second kappa shape index (κ2) is 2.02. The second-order valence-electron chi connectivity index (χ2n) is 5.66. The summed E-state index contributed by atoms with van der Waals surface area (Å²) in [5, 5.41) is 0. The first-order valence-electron chi connectivity index (χ1n) is 4.80. The normalized spacial score (nSPS) is 53.5. The lowest BCUT2D eigenvalue weighted by Gasteiger charge is -2.70. The summed E-state index contributed by atoms with van der Waals surface area (Å²) in [6, 6.07) is 0. The minimum atomic E-state index is 0.554. The molecule has 3 saturated carbocycles. The van der Waals surface area contributed by atoms with Crippen LogP contribution in [0.15, 0.2) is 0 Å². The Bertz CT molecular complexity index is 212. The summed E-state index contributed by atoms with van der Waals surface area (Å²) in [6.07, 6.45) is 5.92. The Morgan fingerprint density at radius 2 is 1.83 bits per heavy atom. The molecule has 1 nitrogen and oxygen atoms in total. The molecule has 4 aliphatic rings. The molecular formula is C10H15IO. The molecule has 0 amide bonds. The van der Waals surface area contributed by atoms with Crippen molar-refractivity contribution in [2.75, 3.05) is 13.2 Å². The molecule has 0 spiro atoms. The summed E-state index contributed by atoms with van der Waals surface area (Å²) < 4.78 is 6.04. The molecular weight excluding hydrogens is 263 g/mol. The standard InChI is InChI=1S/C10H15IO/c1-8(6-12-7-8)2-9-3-10(11,4-9)5-9/h2-7H2,1H3. The van der Waals surface area contributed by atoms with Crippen LogP contribution in [0.2, 0.25) is 0 Å². The maximum atomic E-state index is 5.29. The van der Waals surface area contributed by atoms with Crippen molar-refractivity contribution in [3.05, 3.63) is 0 Å². The van der Waals surface area contributed by atoms with E-state index in [0.717, 1.165) is 22.1 Å². The van der Waals surface area contributed by atoms with Crippen molar-refractivity contribution in [3.8, 4) is 0 Å². The van der Waals surface area contributed by atoms with Crippen LogP contribution in [-0.4, -0.2) is 16.6 Å². The first-order chi connectivity index (χ1) is 5.54. The molecule has 4 fully saturated rings. The van der Waals surface area contributed by atoms with Crippen LogP contribution in [-0.2, 0) is 4.74 Å². The van der Waals surface area contributed by atoms with E-state index in [2.05, 4.69) is 29.5 Å². The van der Waals surface area contributed by atoms with E-state index in [4.69, 9.17) is 4.74 Å². The highest BCUT2D eigenvalue weighted by Crippen LogP contribution is 2.75. The van der Waals surface area contributed by atoms with E-state index in [1.807, 2.05) is 0 Å². The van der Waals surface area contributed by atoms with Crippen LogP contribution >= 0.6 is 22.6 Å². The van der Waals surface area contributed by atoms with Gasteiger partial charge in [-0.3, -0.25) is 0 Å². The molecule has 0 aromatic heterocycles. The Kier molecular flexibility index (Phi) is 1.36. The van der Waals surface area contributed by atoms with E-state index in [0.29, 0.717) is 5.41 Å². The van der Waals surface area contributed by atoms with E-state index < -0.39 is 0 Å². The Morgan fingerprint density at radius 1 is 1.25 bits per heavy atom. The minimum Gasteiger partial charge on any atom is -0.380 e. The lowest BCUT2D eigenvalue weighted by Crippen LogP contribution is -2.65. The molecule has 1 heterocycles. The molecule has 68 valence electrons. The van der Waals surface area contributed by atoms with Gasteiger partial charge in [0.05, 0.1) is 13.2 Å². The lowest BCUT2D eigenvalue weighted by atomic mass is 9.41. The molecule has 1 saturated heterocycles. The summed E-state index contributed by atoms with van der Waals surface area (Å²) in [7, 11) is 0. The van der Waals surface area contributed by atoms with Crippen molar-refractivity contribution >= 4 is 22.6 Å². The predicted octanol–water partition coefficient (Wildman–Crippen LogP) is 2.77. The number of rotatable bonds is 2. The first-order valence-corrected chi connectivity index (χ1v) is 5.88. The van der Waals surface area contributed by atoms with Crippen LogP contribution in [0.5, 0.6) is 0 Å². The van der Waals surface area contributed by atoms with Crippen LogP contribution in [0.4, 0.5) is 0 Å². The van der Waals surface area contributed by atoms with Gasteiger partial charge < -0.3 is 4.74 Å². The maximum absolute atomic E-state index is 5.29. The third kappa shape index (κ3) is 0.939. The lowest BCUT2D eigenvalue weighted by molar-refractivity contribution is -0.173. The highest BCUT2D eigenvalue weighted by atomic mass is 127. The molecule has 2 heteroatoms. The smallest absolute Gasteiger partial charge is 0.0542 e. The first kappa shape index (κ1) is 8.04. The van der Waals surface area contributed by atoms with Gasteiger partial charge in [0.15, 0.2) is 0 Å². The maximum Gasteiger partial charge on any atom is 0.0542 e. The molecule has 1 aliphatic heterocycles. The number of hydrogen-bond acceptors (Lipinski definition) is 1. The number of halogens is 1. The van der Waals surface area contributed by atoms with Gasteiger partial charge in [-0.2, -0.15) is 0 Å². The van der Waals surface area contributed by atoms with Gasteiger partial charge in [-0.05, 0) is 31.1 Å². The quantitative estimate of drug-likeness (QED) is 0.557. The summed E-state index contributed by atoms with van der Waals surface area (Å²) in [5.74, 6) is 0. The number of hydrogen-bond donors (Lipinski definition) is 0. The third-order valence-corrected chi connectivity index (χ3v) is 4.92. The van der Waals surface area contributed by atoms with E-state index in [1.165, 1.54) is 25.7 Å². The Morgan fingerprint density at radius 3 is 2.17 bits per heavy atom. The van der Waals surface area contributed by atoms with Crippen molar-refractivity contribution in [1.82, 2.24) is 0 Å². The Balaban J connectivity index is 1.63. The van der Waals surface area contributed by atoms with E-state index in [-0.39, 0.29) is 0 Å². The molecule has 0 aromatic carbocycles. The number of ether oxygens (including phenoxy) is 1. The zero-order chi connectivity index (χ0) is 8.45. The van der Waals surface area contributed by atoms with Gasteiger partial charge in [0.25, 0.3) is 0 Å². The van der Waals surface area contributed by atoms with Crippen LogP contribution in [0.3, 0.4) is 0 Å². The van der Waals surface area contributed by atoms with Gasteiger partial charge in [0.2, 0.25) is 0 Å². The zero-order valence-corrected chi connectivity index (χ0v) is 9.69. The zero-order valence-electron chi connectivity index (χ0n) is 7.53. The van der Waals surface area contributed by atoms with Gasteiger partial charge in [0.1, 0.15) is 0 Å². The fourth-order valence-corrected chi connectivity index (χ4v) is 5.93. The van der Waals surface area contributed by atoms with Gasteiger partial charge in [0, 0.05) is 8.84 Å². The van der Waals surface area contributed by atoms with Crippen molar-refractivity contribution in [2.24, 2.45) is 10.8 Å². The summed E-state index contributed by atoms with van der Waals surface area (Å²) in [5.41, 5.74) is 1.33. The highest BCUT2D eigenvalue weighted by Gasteiger charge is 2.67. The van der Waals surface area contributed by atoms with Gasteiger partial charge in [-0.25, -0.2) is 0 Å². The van der Waals surface area contributed by atoms with Crippen molar-refractivity contribution < 1.29 is 4.74 Å². The minimum absolute atomic E-state index is 0.554. The third-order valence-electron chi connectivity index (χ3n) is 3.78. The monoisotopic (exact) mass is 278 g/mol. The van der Waals surface area contributed by atoms with E-state index in [1.54, 1.807) is 0 Å². The van der Waals surface area contributed by atoms with Crippen LogP contribution in [0.1, 0.15) is 32.6 Å². The Hall–Kier alpha value is 0.690. The second-order valence-corrected chi connectivity index (χ2v) is 7.95. The van der Waals surface area contributed by atoms with E-state index >= 15 is 0 Å². The average Bonchev–Trinajstić information content (AvgIpc) is 1.78. The molecule has 4 rings (SSSR count). The fraction of sp³-hybridized carbons (Fsp3) is 1.00. The molecule has 12 heavy (non-hydrogen) atoms. The summed E-state index contributed by atoms with van der Waals surface area (Å²) in [6.45, 7) is 4.42. The van der Waals surface area contributed by atoms with Gasteiger partial charge in [-0.1, -0.05) is 29.5 Å². The van der Waals surface area contributed by atoms with Gasteiger partial charge in [-0.15, -0.1) is 0 Å². The summed E-state index contributed by atoms with van der Waals surface area (Å²) in [4.78, 5) is 0. The van der Waals surface area contributed by atoms with Crippen LogP contribution in [0.25, 0.3) is 0 Å². The molecule has 0 atom stereocenters. The molecule has 0 N–H and O–H groups in total. The molecule has 0 aromatic rings. The van der Waals surface area contributed by atoms with Gasteiger partial charge >= 0.3 is 0 Å². The van der Waals surface area contributed by atoms with Crippen LogP contribution in [0, 0.1) is 10.8 Å². The highest BCUT2D eigenvalue weighted by molar-refractivity contribution is 14.1. The fourth-order valence-electron chi connectivity index (χ4n) is 3.51. The van der Waals surface area contributed by atoms with Crippen molar-refractivity contribution in [2.45, 2.75) is 36.0 Å².